The van der Waals surface area contributed by atoms with Crippen LogP contribution >= 0.6 is 11.3 Å². The van der Waals surface area contributed by atoms with Crippen molar-refractivity contribution >= 4 is 31.5 Å². The number of ether oxygens (including phenoxy) is 1. The van der Waals surface area contributed by atoms with Crippen LogP contribution in [0.2, 0.25) is 0 Å². The third-order valence-electron chi connectivity index (χ3n) is 4.88. The van der Waals surface area contributed by atoms with E-state index in [0.29, 0.717) is 45.2 Å². The van der Waals surface area contributed by atoms with Crippen molar-refractivity contribution in [1.29, 1.82) is 0 Å². The molecule has 0 radical (unpaired) electrons. The molecule has 3 aromatic rings. The molecule has 1 N–H and O–H groups in total. The van der Waals surface area contributed by atoms with Gasteiger partial charge in [0.15, 0.2) is 11.6 Å². The van der Waals surface area contributed by atoms with Gasteiger partial charge in [-0.2, -0.15) is 0 Å². The lowest BCUT2D eigenvalue weighted by atomic mass is 9.91. The van der Waals surface area contributed by atoms with Crippen LogP contribution in [0.3, 0.4) is 0 Å². The molecule has 0 atom stereocenters. The number of thiophene rings is 1. The standard InChI is InChI=1S/C19H18F2O2S.C2H6/c1-2-23-14-8-6-12-11-5-7-13(19(22)9-3-4-10-19)15(20)17(11)24-18(12)16(14)21;1-2/h5-8,22H,2-4,9-10H2,1H3;1-2H3. The first-order chi connectivity index (χ1) is 12.5. The minimum atomic E-state index is -1.09. The van der Waals surface area contributed by atoms with Crippen LogP contribution in [-0.4, -0.2) is 11.7 Å². The third kappa shape index (κ3) is 2.97. The summed E-state index contributed by atoms with van der Waals surface area (Å²) in [6.45, 7) is 6.17. The van der Waals surface area contributed by atoms with Crippen molar-refractivity contribution in [2.24, 2.45) is 0 Å². The number of benzene rings is 2. The van der Waals surface area contributed by atoms with Crippen molar-refractivity contribution in [3.8, 4) is 5.75 Å². The summed E-state index contributed by atoms with van der Waals surface area (Å²) in [5.41, 5.74) is -0.756. The zero-order chi connectivity index (χ0) is 18.9. The van der Waals surface area contributed by atoms with E-state index in [-0.39, 0.29) is 5.75 Å². The fourth-order valence-electron chi connectivity index (χ4n) is 3.68. The lowest BCUT2D eigenvalue weighted by Gasteiger charge is -2.23. The minimum absolute atomic E-state index is 0.187. The largest absolute Gasteiger partial charge is 0.491 e. The molecule has 4 rings (SSSR count). The Balaban J connectivity index is 0.000000948. The van der Waals surface area contributed by atoms with Crippen molar-refractivity contribution in [3.63, 3.8) is 0 Å². The predicted octanol–water partition coefficient (Wildman–Crippen LogP) is 6.52. The van der Waals surface area contributed by atoms with E-state index >= 15 is 4.39 Å². The Hall–Kier alpha value is -1.72. The van der Waals surface area contributed by atoms with E-state index in [2.05, 4.69) is 0 Å². The second kappa shape index (κ2) is 7.49. The summed E-state index contributed by atoms with van der Waals surface area (Å²) in [5.74, 6) is -0.682. The van der Waals surface area contributed by atoms with Crippen LogP contribution in [0.25, 0.3) is 20.2 Å². The summed E-state index contributed by atoms with van der Waals surface area (Å²) in [7, 11) is 0. The lowest BCUT2D eigenvalue weighted by Crippen LogP contribution is -2.22. The molecule has 1 aliphatic rings. The summed E-state index contributed by atoms with van der Waals surface area (Å²) in [6, 6.07) is 6.81. The molecule has 0 amide bonds. The van der Waals surface area contributed by atoms with Gasteiger partial charge in [-0.1, -0.05) is 38.8 Å². The maximum atomic E-state index is 15.1. The zero-order valence-electron chi connectivity index (χ0n) is 15.4. The van der Waals surface area contributed by atoms with Crippen molar-refractivity contribution < 1.29 is 18.6 Å². The number of halogens is 2. The van der Waals surface area contributed by atoms with Gasteiger partial charge in [-0.25, -0.2) is 8.78 Å². The third-order valence-corrected chi connectivity index (χ3v) is 6.09. The fourth-order valence-corrected chi connectivity index (χ4v) is 4.85. The van der Waals surface area contributed by atoms with Crippen molar-refractivity contribution in [1.82, 2.24) is 0 Å². The molecule has 1 fully saturated rings. The molecule has 1 aromatic heterocycles. The van der Waals surface area contributed by atoms with Crippen LogP contribution in [0.1, 0.15) is 52.0 Å². The maximum Gasteiger partial charge on any atom is 0.182 e. The topological polar surface area (TPSA) is 29.5 Å². The van der Waals surface area contributed by atoms with E-state index < -0.39 is 17.2 Å². The summed E-state index contributed by atoms with van der Waals surface area (Å²) in [5, 5.41) is 12.1. The highest BCUT2D eigenvalue weighted by Gasteiger charge is 2.36. The Morgan fingerprint density at radius 2 is 1.58 bits per heavy atom. The molecule has 26 heavy (non-hydrogen) atoms. The van der Waals surface area contributed by atoms with Crippen LogP contribution in [0.5, 0.6) is 5.75 Å². The van der Waals surface area contributed by atoms with Gasteiger partial charge in [-0.15, -0.1) is 11.3 Å². The highest BCUT2D eigenvalue weighted by molar-refractivity contribution is 7.25. The molecule has 2 nitrogen and oxygen atoms in total. The normalized spacial score (nSPS) is 15.9. The molecule has 5 heteroatoms. The monoisotopic (exact) mass is 378 g/mol. The van der Waals surface area contributed by atoms with Gasteiger partial charge in [-0.3, -0.25) is 0 Å². The molecule has 140 valence electrons. The number of hydrogen-bond donors (Lipinski definition) is 1. The molecule has 0 spiro atoms. The molecule has 1 saturated carbocycles. The maximum absolute atomic E-state index is 15.1. The molecule has 0 unspecified atom stereocenters. The van der Waals surface area contributed by atoms with Crippen LogP contribution < -0.4 is 4.74 Å². The average Bonchev–Trinajstić information content (AvgIpc) is 3.25. The van der Waals surface area contributed by atoms with Crippen molar-refractivity contribution in [2.45, 2.75) is 52.1 Å². The summed E-state index contributed by atoms with van der Waals surface area (Å²) >= 11 is 1.09. The number of rotatable bonds is 3. The first-order valence-corrected chi connectivity index (χ1v) is 10.1. The highest BCUT2D eigenvalue weighted by Crippen LogP contribution is 2.45. The molecule has 0 aliphatic heterocycles. The number of aliphatic hydroxyl groups is 1. The minimum Gasteiger partial charge on any atom is -0.491 e. The van der Waals surface area contributed by atoms with Gasteiger partial charge in [-0.05, 0) is 31.9 Å². The number of hydrogen-bond acceptors (Lipinski definition) is 3. The van der Waals surface area contributed by atoms with Gasteiger partial charge >= 0.3 is 0 Å². The van der Waals surface area contributed by atoms with Gasteiger partial charge in [0.25, 0.3) is 0 Å². The van der Waals surface area contributed by atoms with Crippen LogP contribution in [0.15, 0.2) is 24.3 Å². The summed E-state index contributed by atoms with van der Waals surface area (Å²) < 4.78 is 35.8. The van der Waals surface area contributed by atoms with E-state index in [4.69, 9.17) is 4.74 Å². The quantitative estimate of drug-likeness (QED) is 0.562. The molecule has 1 aliphatic carbocycles. The smallest absolute Gasteiger partial charge is 0.182 e. The van der Waals surface area contributed by atoms with Gasteiger partial charge < -0.3 is 9.84 Å². The van der Waals surface area contributed by atoms with Crippen molar-refractivity contribution in [2.75, 3.05) is 6.61 Å². The van der Waals surface area contributed by atoms with E-state index in [1.807, 2.05) is 13.8 Å². The highest BCUT2D eigenvalue weighted by atomic mass is 32.1. The molecule has 1 heterocycles. The van der Waals surface area contributed by atoms with Crippen LogP contribution in [0, 0.1) is 11.6 Å². The van der Waals surface area contributed by atoms with Gasteiger partial charge in [0.1, 0.15) is 5.82 Å². The molecular weight excluding hydrogens is 354 g/mol. The Morgan fingerprint density at radius 1 is 1.00 bits per heavy atom. The first kappa shape index (κ1) is 19.1. The van der Waals surface area contributed by atoms with Gasteiger partial charge in [0, 0.05) is 16.3 Å². The molecule has 0 bridgehead atoms. The Labute approximate surface area is 156 Å². The second-order valence-corrected chi connectivity index (χ2v) is 7.35. The van der Waals surface area contributed by atoms with Crippen LogP contribution in [0.4, 0.5) is 8.78 Å². The summed E-state index contributed by atoms with van der Waals surface area (Å²) in [6.07, 6.45) is 2.94. The number of fused-ring (bicyclic) bond motifs is 3. The Kier molecular flexibility index (Phi) is 5.49. The summed E-state index contributed by atoms with van der Waals surface area (Å²) in [4.78, 5) is 0. The Bertz CT molecular complexity index is 927. The molecule has 2 aromatic carbocycles. The second-order valence-electron chi connectivity index (χ2n) is 6.33. The van der Waals surface area contributed by atoms with E-state index in [0.717, 1.165) is 24.2 Å². The fraction of sp³-hybridized carbons (Fsp3) is 0.429. The first-order valence-electron chi connectivity index (χ1n) is 9.24. The van der Waals surface area contributed by atoms with E-state index in [1.54, 1.807) is 31.2 Å². The molecule has 0 saturated heterocycles. The lowest BCUT2D eigenvalue weighted by molar-refractivity contribution is 0.0411. The SMILES string of the molecule is CC.CCOc1ccc2c(sc3c(F)c(C4(O)CCCC4)ccc32)c1F. The van der Waals surface area contributed by atoms with Gasteiger partial charge in [0.2, 0.25) is 0 Å². The average molecular weight is 378 g/mol. The zero-order valence-corrected chi connectivity index (χ0v) is 16.2. The predicted molar refractivity (Wildman–Crippen MR) is 104 cm³/mol. The van der Waals surface area contributed by atoms with Crippen LogP contribution in [-0.2, 0) is 5.60 Å². The van der Waals surface area contributed by atoms with E-state index in [1.165, 1.54) is 0 Å². The van der Waals surface area contributed by atoms with E-state index in [9.17, 15) is 9.50 Å². The molecular formula is C21H24F2O2S. The Morgan fingerprint density at radius 3 is 2.19 bits per heavy atom. The van der Waals surface area contributed by atoms with Crippen molar-refractivity contribution in [3.05, 3.63) is 41.5 Å². The van der Waals surface area contributed by atoms with Gasteiger partial charge in [0.05, 0.1) is 21.6 Å².